The number of hydrogen-bond acceptors (Lipinski definition) is 2. The van der Waals surface area contributed by atoms with Gasteiger partial charge in [-0.15, -0.1) is 0 Å². The lowest BCUT2D eigenvalue weighted by Gasteiger charge is -2.26. The van der Waals surface area contributed by atoms with Crippen LogP contribution in [0.3, 0.4) is 0 Å². The summed E-state index contributed by atoms with van der Waals surface area (Å²) in [7, 11) is 0. The van der Waals surface area contributed by atoms with Crippen molar-refractivity contribution in [1.82, 2.24) is 5.32 Å². The van der Waals surface area contributed by atoms with Gasteiger partial charge in [0.15, 0.2) is 0 Å². The smallest absolute Gasteiger partial charge is 0.387 e. The Morgan fingerprint density at radius 2 is 2.00 bits per heavy atom. The number of ether oxygens (including phenoxy) is 1. The Balaban J connectivity index is 1.93. The molecule has 1 unspecified atom stereocenters. The summed E-state index contributed by atoms with van der Waals surface area (Å²) < 4.78 is 28.9. The molecule has 1 aliphatic rings. The molecule has 0 aromatic heterocycles. The third kappa shape index (κ3) is 4.17. The zero-order chi connectivity index (χ0) is 14.6. The molecule has 1 N–H and O–H groups in total. The largest absolute Gasteiger partial charge is 0.435 e. The Morgan fingerprint density at radius 1 is 1.30 bits per heavy atom. The Morgan fingerprint density at radius 3 is 2.65 bits per heavy atom. The highest BCUT2D eigenvalue weighted by atomic mass is 19.3. The third-order valence-corrected chi connectivity index (χ3v) is 4.23. The fourth-order valence-electron chi connectivity index (χ4n) is 2.88. The number of benzene rings is 1. The van der Waals surface area contributed by atoms with Crippen LogP contribution in [0.4, 0.5) is 8.78 Å². The van der Waals surface area contributed by atoms with Crippen molar-refractivity contribution in [3.63, 3.8) is 0 Å². The summed E-state index contributed by atoms with van der Waals surface area (Å²) >= 11 is 0. The van der Waals surface area contributed by atoms with Crippen LogP contribution in [-0.2, 0) is 0 Å². The number of halogens is 2. The molecular formula is C16H23F2NO. The summed E-state index contributed by atoms with van der Waals surface area (Å²) in [6.45, 7) is 2.56. The second-order valence-corrected chi connectivity index (χ2v) is 6.07. The number of rotatable bonds is 6. The van der Waals surface area contributed by atoms with Gasteiger partial charge in [-0.1, -0.05) is 31.9 Å². The predicted octanol–water partition coefficient (Wildman–Crippen LogP) is 4.52. The van der Waals surface area contributed by atoms with E-state index in [1.807, 2.05) is 6.07 Å². The fourth-order valence-corrected chi connectivity index (χ4v) is 2.88. The number of nitrogens with one attached hydrogen (secondary N) is 1. The maximum Gasteiger partial charge on any atom is 0.387 e. The highest BCUT2D eigenvalue weighted by Crippen LogP contribution is 2.37. The van der Waals surface area contributed by atoms with E-state index in [2.05, 4.69) is 23.9 Å². The van der Waals surface area contributed by atoms with Gasteiger partial charge >= 0.3 is 6.61 Å². The molecule has 1 atom stereocenters. The third-order valence-electron chi connectivity index (χ3n) is 4.23. The summed E-state index contributed by atoms with van der Waals surface area (Å²) in [5, 5.41) is 3.52. The average Bonchev–Trinajstić information content (AvgIpc) is 2.83. The van der Waals surface area contributed by atoms with Crippen LogP contribution < -0.4 is 10.1 Å². The molecule has 112 valence electrons. The highest BCUT2D eigenvalue weighted by Gasteiger charge is 2.28. The van der Waals surface area contributed by atoms with Crippen molar-refractivity contribution >= 4 is 0 Å². The van der Waals surface area contributed by atoms with E-state index in [0.717, 1.165) is 12.1 Å². The predicted molar refractivity (Wildman–Crippen MR) is 76.1 cm³/mol. The molecule has 20 heavy (non-hydrogen) atoms. The van der Waals surface area contributed by atoms with Crippen molar-refractivity contribution in [3.8, 4) is 5.75 Å². The van der Waals surface area contributed by atoms with Crippen LogP contribution in [0.2, 0.25) is 0 Å². The molecule has 1 saturated carbocycles. The van der Waals surface area contributed by atoms with Crippen molar-refractivity contribution in [3.05, 3.63) is 29.8 Å². The summed E-state index contributed by atoms with van der Waals surface area (Å²) in [4.78, 5) is 0. The van der Waals surface area contributed by atoms with E-state index < -0.39 is 6.61 Å². The number of hydrogen-bond donors (Lipinski definition) is 1. The first-order valence-corrected chi connectivity index (χ1v) is 7.27. The van der Waals surface area contributed by atoms with Gasteiger partial charge < -0.3 is 10.1 Å². The normalized spacial score (nSPS) is 19.2. The van der Waals surface area contributed by atoms with E-state index >= 15 is 0 Å². The average molecular weight is 283 g/mol. The van der Waals surface area contributed by atoms with Crippen LogP contribution in [-0.4, -0.2) is 13.2 Å². The van der Waals surface area contributed by atoms with Crippen LogP contribution in [0.15, 0.2) is 24.3 Å². The Kier molecular flexibility index (Phi) is 4.97. The molecule has 1 aromatic carbocycles. The molecule has 0 spiro atoms. The molecule has 0 heterocycles. The molecule has 1 aliphatic carbocycles. The first-order chi connectivity index (χ1) is 9.48. The monoisotopic (exact) mass is 283 g/mol. The molecule has 4 heteroatoms. The van der Waals surface area contributed by atoms with Crippen LogP contribution in [0.1, 0.15) is 51.1 Å². The van der Waals surface area contributed by atoms with Gasteiger partial charge in [-0.25, -0.2) is 0 Å². The van der Waals surface area contributed by atoms with Gasteiger partial charge in [0, 0.05) is 12.6 Å². The highest BCUT2D eigenvalue weighted by molar-refractivity contribution is 5.30. The quantitative estimate of drug-likeness (QED) is 0.829. The van der Waals surface area contributed by atoms with Crippen molar-refractivity contribution in [2.45, 2.75) is 52.2 Å². The van der Waals surface area contributed by atoms with E-state index in [9.17, 15) is 8.78 Å². The minimum atomic E-state index is -2.77. The molecule has 1 aromatic rings. The standard InChI is InChI=1S/C16H23F2NO/c1-12(19-11-16(2)8-3-4-9-16)13-6-5-7-14(10-13)20-15(17)18/h5-7,10,12,15,19H,3-4,8-9,11H2,1-2H3. The van der Waals surface area contributed by atoms with E-state index in [4.69, 9.17) is 0 Å². The molecule has 0 amide bonds. The maximum absolute atomic E-state index is 12.2. The fraction of sp³-hybridized carbons (Fsp3) is 0.625. The van der Waals surface area contributed by atoms with Crippen molar-refractivity contribution in [2.24, 2.45) is 5.41 Å². The molecule has 1 fully saturated rings. The van der Waals surface area contributed by atoms with Gasteiger partial charge in [-0.2, -0.15) is 8.78 Å². The van der Waals surface area contributed by atoms with Crippen LogP contribution >= 0.6 is 0 Å². The topological polar surface area (TPSA) is 21.3 Å². The van der Waals surface area contributed by atoms with Gasteiger partial charge in [0.25, 0.3) is 0 Å². The van der Waals surface area contributed by atoms with Gasteiger partial charge in [-0.3, -0.25) is 0 Å². The molecule has 2 nitrogen and oxygen atoms in total. The Hall–Kier alpha value is -1.16. The lowest BCUT2D eigenvalue weighted by atomic mass is 9.88. The van der Waals surface area contributed by atoms with Crippen LogP contribution in [0, 0.1) is 5.41 Å². The Bertz CT molecular complexity index is 430. The summed E-state index contributed by atoms with van der Waals surface area (Å²) in [6, 6.07) is 7.06. The van der Waals surface area contributed by atoms with Gasteiger partial charge in [-0.05, 0) is 42.9 Å². The van der Waals surface area contributed by atoms with E-state index in [1.165, 1.54) is 25.7 Å². The van der Waals surface area contributed by atoms with E-state index in [-0.39, 0.29) is 11.8 Å². The number of alkyl halides is 2. The second kappa shape index (κ2) is 6.53. The van der Waals surface area contributed by atoms with Crippen LogP contribution in [0.25, 0.3) is 0 Å². The SMILES string of the molecule is CC(NCC1(C)CCCC1)c1cccc(OC(F)F)c1. The minimum Gasteiger partial charge on any atom is -0.435 e. The lowest BCUT2D eigenvalue weighted by Crippen LogP contribution is -2.31. The van der Waals surface area contributed by atoms with Crippen molar-refractivity contribution in [1.29, 1.82) is 0 Å². The van der Waals surface area contributed by atoms with Gasteiger partial charge in [0.2, 0.25) is 0 Å². The summed E-state index contributed by atoms with van der Waals surface area (Å²) in [5.74, 6) is 0.221. The first kappa shape index (κ1) is 15.2. The molecule has 0 aliphatic heterocycles. The van der Waals surface area contributed by atoms with E-state index in [1.54, 1.807) is 18.2 Å². The maximum atomic E-state index is 12.2. The molecular weight excluding hydrogens is 260 g/mol. The summed E-state index contributed by atoms with van der Waals surface area (Å²) in [6.07, 6.45) is 5.15. The van der Waals surface area contributed by atoms with Gasteiger partial charge in [0.05, 0.1) is 0 Å². The van der Waals surface area contributed by atoms with Crippen molar-refractivity contribution in [2.75, 3.05) is 6.54 Å². The first-order valence-electron chi connectivity index (χ1n) is 7.27. The molecule has 0 bridgehead atoms. The Labute approximate surface area is 119 Å². The zero-order valence-electron chi connectivity index (χ0n) is 12.2. The molecule has 0 saturated heterocycles. The molecule has 2 rings (SSSR count). The minimum absolute atomic E-state index is 0.133. The lowest BCUT2D eigenvalue weighted by molar-refractivity contribution is -0.0499. The van der Waals surface area contributed by atoms with Crippen molar-refractivity contribution < 1.29 is 13.5 Å². The summed E-state index contributed by atoms with van der Waals surface area (Å²) in [5.41, 5.74) is 1.36. The van der Waals surface area contributed by atoms with E-state index in [0.29, 0.717) is 5.41 Å². The van der Waals surface area contributed by atoms with Crippen LogP contribution in [0.5, 0.6) is 5.75 Å². The van der Waals surface area contributed by atoms with Gasteiger partial charge in [0.1, 0.15) is 5.75 Å². The zero-order valence-corrected chi connectivity index (χ0v) is 12.2. The second-order valence-electron chi connectivity index (χ2n) is 6.07. The molecule has 0 radical (unpaired) electrons.